The van der Waals surface area contributed by atoms with E-state index in [1.807, 2.05) is 34.3 Å². The Morgan fingerprint density at radius 1 is 1.16 bits per heavy atom. The fourth-order valence-corrected chi connectivity index (χ4v) is 5.51. The molecule has 2 aliphatic rings. The van der Waals surface area contributed by atoms with Crippen LogP contribution in [0.15, 0.2) is 36.4 Å². The van der Waals surface area contributed by atoms with Gasteiger partial charge in [-0.25, -0.2) is 0 Å². The molecule has 0 bridgehead atoms. The van der Waals surface area contributed by atoms with E-state index in [2.05, 4.69) is 58.3 Å². The number of fused-ring (bicyclic) bond motifs is 1. The van der Waals surface area contributed by atoms with Crippen molar-refractivity contribution in [3.05, 3.63) is 64.2 Å². The molecule has 162 valence electrons. The molecule has 5 nitrogen and oxygen atoms in total. The molecule has 0 aromatic heterocycles. The first-order valence-electron chi connectivity index (χ1n) is 11.0. The van der Waals surface area contributed by atoms with E-state index < -0.39 is 0 Å². The van der Waals surface area contributed by atoms with Gasteiger partial charge in [0.1, 0.15) is 0 Å². The van der Waals surface area contributed by atoms with Gasteiger partial charge in [-0.3, -0.25) is 7.91 Å². The number of benzene rings is 2. The number of rotatable bonds is 4. The summed E-state index contributed by atoms with van der Waals surface area (Å²) < 4.78 is 1.93. The highest BCUT2D eigenvalue weighted by atomic mass is 127. The SMILES string of the molecule is Cc1cc(N[C@H]2CC[C@H](N(I)C(=O)c3ccc4c(c3)CCN(C)C4)CC2)ccc1C#N. The van der Waals surface area contributed by atoms with Crippen LogP contribution >= 0.6 is 22.9 Å². The molecule has 6 heteroatoms. The highest BCUT2D eigenvalue weighted by Crippen LogP contribution is 2.30. The predicted molar refractivity (Wildman–Crippen MR) is 132 cm³/mol. The number of hydrogen-bond acceptors (Lipinski definition) is 4. The number of aryl methyl sites for hydroxylation is 1. The van der Waals surface area contributed by atoms with Crippen molar-refractivity contribution in [2.24, 2.45) is 0 Å². The minimum atomic E-state index is 0.126. The number of nitriles is 1. The van der Waals surface area contributed by atoms with Crippen molar-refractivity contribution in [2.75, 3.05) is 18.9 Å². The van der Waals surface area contributed by atoms with Crippen LogP contribution in [-0.4, -0.2) is 39.6 Å². The molecule has 31 heavy (non-hydrogen) atoms. The summed E-state index contributed by atoms with van der Waals surface area (Å²) in [6.07, 6.45) is 5.08. The van der Waals surface area contributed by atoms with Gasteiger partial charge in [-0.05, 0) is 93.1 Å². The normalized spacial score (nSPS) is 21.1. The molecule has 1 saturated carbocycles. The second kappa shape index (κ2) is 9.58. The molecule has 1 aliphatic heterocycles. The smallest absolute Gasteiger partial charge is 0.262 e. The molecule has 4 rings (SSSR count). The molecule has 1 fully saturated rings. The van der Waals surface area contributed by atoms with Gasteiger partial charge in [-0.15, -0.1) is 0 Å². The topological polar surface area (TPSA) is 59.4 Å². The Bertz CT molecular complexity index is 1010. The summed E-state index contributed by atoms with van der Waals surface area (Å²) >= 11 is 2.22. The maximum atomic E-state index is 13.1. The highest BCUT2D eigenvalue weighted by molar-refractivity contribution is 14.1. The molecule has 0 radical (unpaired) electrons. The second-order valence-electron chi connectivity index (χ2n) is 8.88. The lowest BCUT2D eigenvalue weighted by molar-refractivity contribution is 0.0835. The third-order valence-corrected chi connectivity index (χ3v) is 7.81. The van der Waals surface area contributed by atoms with Gasteiger partial charge < -0.3 is 10.2 Å². The van der Waals surface area contributed by atoms with Gasteiger partial charge in [0, 0.05) is 36.4 Å². The third kappa shape index (κ3) is 5.04. The Balaban J connectivity index is 1.34. The minimum absolute atomic E-state index is 0.126. The zero-order chi connectivity index (χ0) is 22.0. The number of hydrogen-bond donors (Lipinski definition) is 1. The van der Waals surface area contributed by atoms with Crippen LogP contribution in [0.4, 0.5) is 5.69 Å². The summed E-state index contributed by atoms with van der Waals surface area (Å²) in [5.41, 5.74) is 6.27. The van der Waals surface area contributed by atoms with Crippen LogP contribution < -0.4 is 5.32 Å². The lowest BCUT2D eigenvalue weighted by Crippen LogP contribution is -2.38. The molecule has 0 saturated heterocycles. The van der Waals surface area contributed by atoms with E-state index >= 15 is 0 Å². The molecule has 1 amide bonds. The summed E-state index contributed by atoms with van der Waals surface area (Å²) in [5.74, 6) is 0.126. The quantitative estimate of drug-likeness (QED) is 0.445. The van der Waals surface area contributed by atoms with Gasteiger partial charge in [-0.1, -0.05) is 6.07 Å². The number of halogens is 1. The van der Waals surface area contributed by atoms with Crippen molar-refractivity contribution in [3.63, 3.8) is 0 Å². The van der Waals surface area contributed by atoms with Gasteiger partial charge in [0.05, 0.1) is 34.5 Å². The summed E-state index contributed by atoms with van der Waals surface area (Å²) in [6, 6.07) is 15.0. The standard InChI is InChI=1S/C25H29IN4O/c1-17-13-23(6-5-20(17)15-27)28-22-7-9-24(10-8-22)30(26)25(31)19-3-4-21-16-29(2)12-11-18(21)14-19/h3-6,13-14,22,24,28H,7-12,16H2,1-2H3/t22-,24-. The summed E-state index contributed by atoms with van der Waals surface area (Å²) in [6.45, 7) is 3.99. The molecule has 1 N–H and O–H groups in total. The van der Waals surface area contributed by atoms with Gasteiger partial charge in [0.2, 0.25) is 0 Å². The van der Waals surface area contributed by atoms with Crippen molar-refractivity contribution in [2.45, 2.75) is 57.7 Å². The average molecular weight is 528 g/mol. The molecule has 0 spiro atoms. The van der Waals surface area contributed by atoms with E-state index in [0.717, 1.165) is 67.6 Å². The monoisotopic (exact) mass is 528 g/mol. The molecule has 2 aromatic rings. The zero-order valence-electron chi connectivity index (χ0n) is 18.2. The first-order chi connectivity index (χ1) is 14.9. The number of nitrogens with zero attached hydrogens (tertiary/aromatic N) is 3. The van der Waals surface area contributed by atoms with Crippen molar-refractivity contribution >= 4 is 34.5 Å². The fourth-order valence-electron chi connectivity index (χ4n) is 4.68. The van der Waals surface area contributed by atoms with Crippen LogP contribution in [0.2, 0.25) is 0 Å². The fraction of sp³-hybridized carbons (Fsp3) is 0.440. The van der Waals surface area contributed by atoms with Gasteiger partial charge in [0.15, 0.2) is 0 Å². The Kier molecular flexibility index (Phi) is 6.83. The lowest BCUT2D eigenvalue weighted by atomic mass is 9.90. The second-order valence-corrected chi connectivity index (χ2v) is 9.92. The molecule has 1 aliphatic carbocycles. The van der Waals surface area contributed by atoms with Crippen LogP contribution in [-0.2, 0) is 13.0 Å². The van der Waals surface area contributed by atoms with Gasteiger partial charge >= 0.3 is 0 Å². The number of carbonyl (C=O) groups is 1. The van der Waals surface area contributed by atoms with E-state index in [9.17, 15) is 4.79 Å². The predicted octanol–water partition coefficient (Wildman–Crippen LogP) is 5.07. The maximum Gasteiger partial charge on any atom is 0.262 e. The third-order valence-electron chi connectivity index (χ3n) is 6.59. The Labute approximate surface area is 198 Å². The van der Waals surface area contributed by atoms with Crippen molar-refractivity contribution < 1.29 is 4.79 Å². The number of likely N-dealkylation sites (N-methyl/N-ethyl adjacent to an activating group) is 1. The van der Waals surface area contributed by atoms with Crippen LogP contribution in [0, 0.1) is 18.3 Å². The van der Waals surface area contributed by atoms with E-state index in [4.69, 9.17) is 5.26 Å². The van der Waals surface area contributed by atoms with E-state index in [-0.39, 0.29) is 11.9 Å². The molecular weight excluding hydrogens is 499 g/mol. The van der Waals surface area contributed by atoms with Crippen LogP contribution in [0.3, 0.4) is 0 Å². The Morgan fingerprint density at radius 2 is 1.94 bits per heavy atom. The van der Waals surface area contributed by atoms with Crippen molar-refractivity contribution in [1.82, 2.24) is 8.01 Å². The molecular formula is C25H29IN4O. The first-order valence-corrected chi connectivity index (χ1v) is 12.0. The summed E-state index contributed by atoms with van der Waals surface area (Å²) in [4.78, 5) is 15.5. The summed E-state index contributed by atoms with van der Waals surface area (Å²) in [5, 5.41) is 12.7. The van der Waals surface area contributed by atoms with E-state index in [0.29, 0.717) is 6.04 Å². The maximum absolute atomic E-state index is 13.1. The largest absolute Gasteiger partial charge is 0.382 e. The molecule has 0 atom stereocenters. The number of anilines is 1. The Hall–Kier alpha value is -2.11. The van der Waals surface area contributed by atoms with E-state index in [1.165, 1.54) is 11.1 Å². The van der Waals surface area contributed by atoms with E-state index in [1.54, 1.807) is 0 Å². The number of amides is 1. The first kappa shape index (κ1) is 22.1. The van der Waals surface area contributed by atoms with Crippen molar-refractivity contribution in [3.8, 4) is 6.07 Å². The number of nitrogens with one attached hydrogen (secondary N) is 1. The van der Waals surface area contributed by atoms with Crippen LogP contribution in [0.25, 0.3) is 0 Å². The molecule has 2 aromatic carbocycles. The zero-order valence-corrected chi connectivity index (χ0v) is 20.4. The van der Waals surface area contributed by atoms with Gasteiger partial charge in [0.25, 0.3) is 5.91 Å². The summed E-state index contributed by atoms with van der Waals surface area (Å²) in [7, 11) is 2.14. The van der Waals surface area contributed by atoms with Crippen molar-refractivity contribution in [1.29, 1.82) is 5.26 Å². The average Bonchev–Trinajstić information content (AvgIpc) is 2.78. The van der Waals surface area contributed by atoms with Gasteiger partial charge in [-0.2, -0.15) is 5.26 Å². The Morgan fingerprint density at radius 3 is 2.65 bits per heavy atom. The molecule has 1 heterocycles. The van der Waals surface area contributed by atoms with Crippen LogP contribution in [0.1, 0.15) is 58.3 Å². The highest BCUT2D eigenvalue weighted by Gasteiger charge is 2.29. The lowest BCUT2D eigenvalue weighted by Gasteiger charge is -2.34. The number of carbonyl (C=O) groups excluding carboxylic acids is 1. The molecule has 0 unspecified atom stereocenters. The minimum Gasteiger partial charge on any atom is -0.382 e. The van der Waals surface area contributed by atoms with Crippen LogP contribution in [0.5, 0.6) is 0 Å².